The first-order valence-corrected chi connectivity index (χ1v) is 11.4. The van der Waals surface area contributed by atoms with E-state index in [0.29, 0.717) is 26.1 Å². The lowest BCUT2D eigenvalue weighted by Gasteiger charge is -2.31. The van der Waals surface area contributed by atoms with Gasteiger partial charge < -0.3 is 25.1 Å². The molecule has 1 aliphatic heterocycles. The molecule has 1 unspecified atom stereocenters. The lowest BCUT2D eigenvalue weighted by Crippen LogP contribution is -2.34. The molecular weight excluding hydrogens is 370 g/mol. The monoisotopic (exact) mass is 411 g/mol. The SMILES string of the molecule is CCCCCC1(CC[C@H]2C(N)C[C@H](O)[C@@H]2CC=CCCCC(=O)OC)OCCO1. The predicted molar refractivity (Wildman–Crippen MR) is 113 cm³/mol. The third kappa shape index (κ3) is 7.67. The van der Waals surface area contributed by atoms with Crippen LogP contribution in [0.5, 0.6) is 0 Å². The Morgan fingerprint density at radius 2 is 1.93 bits per heavy atom. The van der Waals surface area contributed by atoms with Crippen molar-refractivity contribution in [3.8, 4) is 0 Å². The molecule has 0 bridgehead atoms. The molecule has 1 saturated carbocycles. The Balaban J connectivity index is 1.82. The van der Waals surface area contributed by atoms with Crippen LogP contribution in [0.4, 0.5) is 0 Å². The number of nitrogens with two attached hydrogens (primary N) is 1. The number of hydrogen-bond acceptors (Lipinski definition) is 6. The number of carbonyl (C=O) groups is 1. The van der Waals surface area contributed by atoms with Gasteiger partial charge in [-0.1, -0.05) is 31.9 Å². The second-order valence-corrected chi connectivity index (χ2v) is 8.57. The van der Waals surface area contributed by atoms with E-state index in [-0.39, 0.29) is 30.0 Å². The molecule has 0 aromatic heterocycles. The molecule has 2 rings (SSSR count). The highest BCUT2D eigenvalue weighted by Gasteiger charge is 2.43. The molecule has 6 heteroatoms. The van der Waals surface area contributed by atoms with Crippen molar-refractivity contribution in [1.29, 1.82) is 0 Å². The Morgan fingerprint density at radius 3 is 2.62 bits per heavy atom. The number of ether oxygens (including phenoxy) is 3. The third-order valence-electron chi connectivity index (χ3n) is 6.50. The Bertz CT molecular complexity index is 503. The number of aliphatic hydroxyl groups is 1. The van der Waals surface area contributed by atoms with Crippen LogP contribution < -0.4 is 5.73 Å². The summed E-state index contributed by atoms with van der Waals surface area (Å²) in [5, 5.41) is 10.5. The highest BCUT2D eigenvalue weighted by molar-refractivity contribution is 5.69. The summed E-state index contributed by atoms with van der Waals surface area (Å²) in [6, 6.07) is 0.0248. The largest absolute Gasteiger partial charge is 0.469 e. The minimum atomic E-state index is -0.448. The Labute approximate surface area is 176 Å². The van der Waals surface area contributed by atoms with Gasteiger partial charge in [0.15, 0.2) is 5.79 Å². The molecule has 168 valence electrons. The van der Waals surface area contributed by atoms with Crippen molar-refractivity contribution in [2.24, 2.45) is 17.6 Å². The zero-order chi connectivity index (χ0) is 21.1. The Kier molecular flexibility index (Phi) is 10.6. The van der Waals surface area contributed by atoms with Gasteiger partial charge in [0.25, 0.3) is 0 Å². The smallest absolute Gasteiger partial charge is 0.305 e. The summed E-state index contributed by atoms with van der Waals surface area (Å²) in [6.07, 6.45) is 13.7. The summed E-state index contributed by atoms with van der Waals surface area (Å²) in [6.45, 7) is 3.54. The van der Waals surface area contributed by atoms with Crippen LogP contribution in [0.1, 0.15) is 77.6 Å². The molecule has 2 fully saturated rings. The number of allylic oxidation sites excluding steroid dienone is 2. The number of rotatable bonds is 13. The van der Waals surface area contributed by atoms with E-state index in [2.05, 4.69) is 23.8 Å². The van der Waals surface area contributed by atoms with Crippen molar-refractivity contribution >= 4 is 5.97 Å². The lowest BCUT2D eigenvalue weighted by molar-refractivity contribution is -0.170. The van der Waals surface area contributed by atoms with E-state index in [9.17, 15) is 9.90 Å². The number of carbonyl (C=O) groups excluding carboxylic acids is 1. The zero-order valence-electron chi connectivity index (χ0n) is 18.3. The van der Waals surface area contributed by atoms with Gasteiger partial charge in [-0.2, -0.15) is 0 Å². The van der Waals surface area contributed by atoms with E-state index in [1.807, 2.05) is 0 Å². The number of hydrogen-bond donors (Lipinski definition) is 2. The summed E-state index contributed by atoms with van der Waals surface area (Å²) >= 11 is 0. The van der Waals surface area contributed by atoms with Gasteiger partial charge in [-0.05, 0) is 50.4 Å². The van der Waals surface area contributed by atoms with E-state index >= 15 is 0 Å². The fraction of sp³-hybridized carbons (Fsp3) is 0.870. The maximum atomic E-state index is 11.2. The van der Waals surface area contributed by atoms with Crippen molar-refractivity contribution in [2.75, 3.05) is 20.3 Å². The summed E-state index contributed by atoms with van der Waals surface area (Å²) in [5.74, 6) is -0.159. The second kappa shape index (κ2) is 12.7. The van der Waals surface area contributed by atoms with Gasteiger partial charge >= 0.3 is 5.97 Å². The molecule has 29 heavy (non-hydrogen) atoms. The molecule has 3 N–H and O–H groups in total. The molecule has 0 radical (unpaired) electrons. The molecule has 0 spiro atoms. The summed E-state index contributed by atoms with van der Waals surface area (Å²) in [5.41, 5.74) is 6.39. The first kappa shape index (κ1) is 24.3. The molecule has 4 atom stereocenters. The minimum absolute atomic E-state index is 0.0248. The standard InChI is InChI=1S/C23H41NO5/c1-3-4-9-13-23(28-15-16-29-23)14-12-18-19(21(25)17-20(18)24)10-7-5-6-8-11-22(26)27-2/h5,7,18-21,25H,3-4,6,8-17,24H2,1-2H3/t18-,19-,20?,21+/m1/s1. The topological polar surface area (TPSA) is 91.0 Å². The van der Waals surface area contributed by atoms with E-state index in [0.717, 1.165) is 44.9 Å². The fourth-order valence-corrected chi connectivity index (χ4v) is 4.77. The average Bonchev–Trinajstić information content (AvgIpc) is 3.27. The van der Waals surface area contributed by atoms with Crippen LogP contribution in [0, 0.1) is 11.8 Å². The molecule has 6 nitrogen and oxygen atoms in total. The van der Waals surface area contributed by atoms with Crippen LogP contribution in [0.2, 0.25) is 0 Å². The van der Waals surface area contributed by atoms with Gasteiger partial charge in [-0.25, -0.2) is 0 Å². The second-order valence-electron chi connectivity index (χ2n) is 8.57. The van der Waals surface area contributed by atoms with Crippen LogP contribution in [0.25, 0.3) is 0 Å². The number of esters is 1. The molecule has 1 aliphatic carbocycles. The molecular formula is C23H41NO5. The molecule has 0 aromatic rings. The van der Waals surface area contributed by atoms with Crippen molar-refractivity contribution < 1.29 is 24.1 Å². The van der Waals surface area contributed by atoms with Crippen LogP contribution in [-0.4, -0.2) is 49.3 Å². The quantitative estimate of drug-likeness (QED) is 0.273. The first-order chi connectivity index (χ1) is 14.0. The first-order valence-electron chi connectivity index (χ1n) is 11.4. The lowest BCUT2D eigenvalue weighted by atomic mass is 9.84. The highest BCUT2D eigenvalue weighted by atomic mass is 16.7. The van der Waals surface area contributed by atoms with Gasteiger partial charge in [0.2, 0.25) is 0 Å². The van der Waals surface area contributed by atoms with E-state index in [4.69, 9.17) is 15.2 Å². The van der Waals surface area contributed by atoms with Gasteiger partial charge in [-0.15, -0.1) is 0 Å². The molecule has 1 heterocycles. The van der Waals surface area contributed by atoms with Gasteiger partial charge in [-0.3, -0.25) is 4.79 Å². The van der Waals surface area contributed by atoms with Crippen LogP contribution in [-0.2, 0) is 19.0 Å². The van der Waals surface area contributed by atoms with Gasteiger partial charge in [0.1, 0.15) is 0 Å². The fourth-order valence-electron chi connectivity index (χ4n) is 4.77. The normalized spacial score (nSPS) is 29.0. The Hall–Kier alpha value is -0.950. The summed E-state index contributed by atoms with van der Waals surface area (Å²) in [7, 11) is 1.42. The molecule has 0 amide bonds. The van der Waals surface area contributed by atoms with E-state index in [1.165, 1.54) is 20.0 Å². The summed E-state index contributed by atoms with van der Waals surface area (Å²) < 4.78 is 16.7. The number of unbranched alkanes of at least 4 members (excludes halogenated alkanes) is 3. The van der Waals surface area contributed by atoms with Gasteiger partial charge in [0, 0.05) is 25.3 Å². The van der Waals surface area contributed by atoms with E-state index < -0.39 is 5.79 Å². The number of aliphatic hydroxyl groups excluding tert-OH is 1. The van der Waals surface area contributed by atoms with Crippen LogP contribution >= 0.6 is 0 Å². The van der Waals surface area contributed by atoms with Crippen molar-refractivity contribution in [3.63, 3.8) is 0 Å². The van der Waals surface area contributed by atoms with Crippen molar-refractivity contribution in [3.05, 3.63) is 12.2 Å². The molecule has 1 saturated heterocycles. The molecule has 2 aliphatic rings. The van der Waals surface area contributed by atoms with E-state index in [1.54, 1.807) is 0 Å². The molecule has 0 aromatic carbocycles. The van der Waals surface area contributed by atoms with Crippen LogP contribution in [0.3, 0.4) is 0 Å². The predicted octanol–water partition coefficient (Wildman–Crippen LogP) is 3.70. The maximum Gasteiger partial charge on any atom is 0.305 e. The minimum Gasteiger partial charge on any atom is -0.469 e. The number of methoxy groups -OCH3 is 1. The third-order valence-corrected chi connectivity index (χ3v) is 6.50. The maximum absolute atomic E-state index is 11.2. The van der Waals surface area contributed by atoms with Crippen molar-refractivity contribution in [2.45, 2.75) is 95.5 Å². The zero-order valence-corrected chi connectivity index (χ0v) is 18.3. The van der Waals surface area contributed by atoms with Crippen LogP contribution in [0.15, 0.2) is 12.2 Å². The Morgan fingerprint density at radius 1 is 1.17 bits per heavy atom. The van der Waals surface area contributed by atoms with Crippen molar-refractivity contribution in [1.82, 2.24) is 0 Å². The summed E-state index contributed by atoms with van der Waals surface area (Å²) in [4.78, 5) is 11.2. The average molecular weight is 412 g/mol. The highest BCUT2D eigenvalue weighted by Crippen LogP contribution is 2.40. The van der Waals surface area contributed by atoms with Gasteiger partial charge in [0.05, 0.1) is 26.4 Å².